The van der Waals surface area contributed by atoms with E-state index in [2.05, 4.69) is 10.3 Å². The lowest BCUT2D eigenvalue weighted by Gasteiger charge is -2.51. The monoisotopic (exact) mass is 1010 g/mol. The number of aliphatic hydroxyl groups excluding tert-OH is 4. The van der Waals surface area contributed by atoms with Crippen molar-refractivity contribution in [2.75, 3.05) is 48.1 Å². The summed E-state index contributed by atoms with van der Waals surface area (Å²) in [6.45, 7) is 17.8. The lowest BCUT2D eigenvalue weighted by Crippen LogP contribution is -2.62. The molecular formula is C52H88FN5O13. The molecule has 1 unspecified atom stereocenters. The molecule has 1 aromatic heterocycles. The first-order chi connectivity index (χ1) is 33.3. The molecular weight excluding hydrogens is 922 g/mol. The third kappa shape index (κ3) is 13.4. The lowest BCUT2D eigenvalue weighted by molar-refractivity contribution is -0.302. The average molecular weight is 1010 g/mol. The van der Waals surface area contributed by atoms with Crippen molar-refractivity contribution < 1.29 is 68.2 Å². The second kappa shape index (κ2) is 24.7. The number of carbonyl (C=O) groups excluding carboxylic acids is 1. The number of hydrogen-bond donors (Lipinski definition) is 6. The minimum Gasteiger partial charge on any atom is -0.459 e. The Balaban J connectivity index is 1.46. The minimum absolute atomic E-state index is 0.112. The second-order valence-electron chi connectivity index (χ2n) is 22.0. The Hall–Kier alpha value is -2.76. The van der Waals surface area contributed by atoms with Gasteiger partial charge < -0.3 is 68.9 Å². The highest BCUT2D eigenvalue weighted by Gasteiger charge is 2.55. The molecule has 0 amide bonds. The SMILES string of the molecule is CC[C@H]1OC(=O)[C@H](C)C([C@H]2C[C@@](C)(OC)[C@@H](O)[C@H](C)O2)[C@H](C)[C@@H](O[C@@H]2O[C@H](C)C[C@H](N(C)CCc3cn([C@H](CF)[C@H](OC)c4ccc(CO)cc4)nn3)[C@H]2O)[C@](C)(O)C[C@@H](C)CN(C)[C@H](C)[C@@H](O)[C@]1(C)O. The van der Waals surface area contributed by atoms with Crippen LogP contribution >= 0.6 is 0 Å². The Bertz CT molecular complexity index is 1960. The summed E-state index contributed by atoms with van der Waals surface area (Å²) >= 11 is 0. The zero-order valence-electron chi connectivity index (χ0n) is 44.7. The van der Waals surface area contributed by atoms with Gasteiger partial charge in [-0.3, -0.25) is 4.79 Å². The van der Waals surface area contributed by atoms with Crippen LogP contribution < -0.4 is 0 Å². The van der Waals surface area contributed by atoms with Crippen LogP contribution in [0.25, 0.3) is 0 Å². The largest absolute Gasteiger partial charge is 0.459 e. The van der Waals surface area contributed by atoms with Gasteiger partial charge in [0.2, 0.25) is 0 Å². The van der Waals surface area contributed by atoms with Gasteiger partial charge in [0, 0.05) is 64.3 Å². The maximum Gasteiger partial charge on any atom is 0.309 e. The van der Waals surface area contributed by atoms with Gasteiger partial charge in [-0.1, -0.05) is 57.2 Å². The summed E-state index contributed by atoms with van der Waals surface area (Å²) in [7, 11) is 6.75. The highest BCUT2D eigenvalue weighted by atomic mass is 19.1. The number of aliphatic hydroxyl groups is 6. The first kappa shape index (κ1) is 59.1. The van der Waals surface area contributed by atoms with Crippen molar-refractivity contribution in [3.63, 3.8) is 0 Å². The van der Waals surface area contributed by atoms with Crippen LogP contribution in [-0.4, -0.2) is 193 Å². The number of benzene rings is 1. The molecule has 6 N–H and O–H groups in total. The van der Waals surface area contributed by atoms with Crippen molar-refractivity contribution >= 4 is 5.97 Å². The smallest absolute Gasteiger partial charge is 0.309 e. The summed E-state index contributed by atoms with van der Waals surface area (Å²) in [6.07, 6.45) is -6.30. The van der Waals surface area contributed by atoms with Gasteiger partial charge in [-0.15, -0.1) is 5.10 Å². The summed E-state index contributed by atoms with van der Waals surface area (Å²) in [5.41, 5.74) is -2.46. The molecule has 0 saturated carbocycles. The molecule has 3 fully saturated rings. The number of aromatic nitrogens is 3. The fraction of sp³-hybridized carbons (Fsp3) is 0.827. The Morgan fingerprint density at radius 1 is 0.986 bits per heavy atom. The quantitative estimate of drug-likeness (QED) is 0.140. The van der Waals surface area contributed by atoms with Crippen molar-refractivity contribution in [3.05, 3.63) is 47.3 Å². The maximum absolute atomic E-state index is 14.7. The molecule has 1 aromatic carbocycles. The van der Waals surface area contributed by atoms with Crippen molar-refractivity contribution in [2.24, 2.45) is 23.7 Å². The van der Waals surface area contributed by atoms with Crippen LogP contribution in [0, 0.1) is 23.7 Å². The Labute approximate surface area is 421 Å². The summed E-state index contributed by atoms with van der Waals surface area (Å²) in [4.78, 5) is 18.5. The summed E-state index contributed by atoms with van der Waals surface area (Å²) in [6, 6.07) is 5.27. The standard InChI is InChI=1S/C52H88FN5O13/c1-15-41-52(10,65)45(61)33(6)57(12)26-29(2)23-50(8,64)47(31(4)42(32(5)48(63)70-41)40-24-51(9,67-14)46(62)34(7)69-40)71-49-43(60)38(22-30(3)68-49)56(11)21-20-37-27-58(55-54-37)39(25-53)44(66-13)36-18-16-35(28-59)17-19-36/h16-19,27,29-34,38-47,49,59-62,64-65H,15,20-26,28H2,1-14H3/t29-,30-,31+,32-,33-,34+,38+,39-,40-,41-,42?,43-,44-,45-,46+,47-,49+,50-,51-,52-/m1/s1. The van der Waals surface area contributed by atoms with Crippen LogP contribution in [0.15, 0.2) is 30.5 Å². The Morgan fingerprint density at radius 2 is 1.65 bits per heavy atom. The Morgan fingerprint density at radius 3 is 2.24 bits per heavy atom. The van der Waals surface area contributed by atoms with Crippen LogP contribution in [0.1, 0.15) is 124 Å². The molecule has 0 aliphatic carbocycles. The molecule has 18 nitrogen and oxygen atoms in total. The first-order valence-electron chi connectivity index (χ1n) is 25.6. The third-order valence-electron chi connectivity index (χ3n) is 16.3. The molecule has 19 heteroatoms. The molecule has 0 spiro atoms. The fourth-order valence-corrected chi connectivity index (χ4v) is 11.9. The van der Waals surface area contributed by atoms with Gasteiger partial charge in [-0.25, -0.2) is 9.07 Å². The van der Waals surface area contributed by atoms with Crippen LogP contribution in [-0.2, 0) is 46.2 Å². The van der Waals surface area contributed by atoms with Crippen LogP contribution in [0.4, 0.5) is 4.39 Å². The van der Waals surface area contributed by atoms with Gasteiger partial charge in [0.1, 0.15) is 48.8 Å². The molecule has 2 aromatic rings. The number of likely N-dealkylation sites (N-methyl/N-ethyl adjacent to an activating group) is 2. The first-order valence-corrected chi connectivity index (χ1v) is 25.6. The normalized spacial score (nSPS) is 40.4. The molecule has 0 radical (unpaired) electrons. The van der Waals surface area contributed by atoms with E-state index in [1.54, 1.807) is 72.0 Å². The van der Waals surface area contributed by atoms with E-state index >= 15 is 0 Å². The summed E-state index contributed by atoms with van der Waals surface area (Å²) < 4.78 is 54.0. The maximum atomic E-state index is 14.7. The fourth-order valence-electron chi connectivity index (χ4n) is 11.9. The predicted octanol–water partition coefficient (Wildman–Crippen LogP) is 3.77. The number of rotatable bonds is 15. The van der Waals surface area contributed by atoms with Crippen molar-refractivity contribution in [2.45, 2.75) is 204 Å². The molecule has 0 bridgehead atoms. The molecule has 3 aliphatic rings. The number of methoxy groups -OCH3 is 2. The average Bonchev–Trinajstić information content (AvgIpc) is 3.80. The van der Waals surface area contributed by atoms with Gasteiger partial charge in [-0.2, -0.15) is 0 Å². The van der Waals surface area contributed by atoms with E-state index in [-0.39, 0.29) is 31.8 Å². The number of cyclic esters (lactones) is 1. The van der Waals surface area contributed by atoms with E-state index in [4.69, 9.17) is 28.4 Å². The molecule has 3 saturated heterocycles. The number of carbonyl (C=O) groups is 1. The highest BCUT2D eigenvalue weighted by Crippen LogP contribution is 2.45. The summed E-state index contributed by atoms with van der Waals surface area (Å²) in [5, 5.41) is 78.2. The van der Waals surface area contributed by atoms with Crippen LogP contribution in [0.3, 0.4) is 0 Å². The van der Waals surface area contributed by atoms with Gasteiger partial charge >= 0.3 is 5.97 Å². The molecule has 406 valence electrons. The third-order valence-corrected chi connectivity index (χ3v) is 16.3. The van der Waals surface area contributed by atoms with Gasteiger partial charge in [0.05, 0.1) is 53.8 Å². The minimum atomic E-state index is -1.83. The number of nitrogens with zero attached hydrogens (tertiary/aromatic N) is 5. The van der Waals surface area contributed by atoms with Crippen LogP contribution in [0.2, 0.25) is 0 Å². The second-order valence-corrected chi connectivity index (χ2v) is 22.0. The number of halogens is 1. The number of ether oxygens (including phenoxy) is 6. The molecule has 20 atom stereocenters. The highest BCUT2D eigenvalue weighted by molar-refractivity contribution is 5.73. The van der Waals surface area contributed by atoms with Crippen molar-refractivity contribution in [1.82, 2.24) is 24.8 Å². The molecule has 4 heterocycles. The lowest BCUT2D eigenvalue weighted by atomic mass is 9.68. The number of alkyl halides is 1. The number of hydrogen-bond acceptors (Lipinski definition) is 17. The van der Waals surface area contributed by atoms with Crippen LogP contribution in [0.5, 0.6) is 0 Å². The van der Waals surface area contributed by atoms with E-state index in [0.717, 1.165) is 11.1 Å². The van der Waals surface area contributed by atoms with E-state index in [1.807, 2.05) is 44.7 Å². The zero-order chi connectivity index (χ0) is 52.9. The number of esters is 1. The van der Waals surface area contributed by atoms with Gasteiger partial charge in [-0.05, 0) is 97.9 Å². The molecule has 71 heavy (non-hydrogen) atoms. The van der Waals surface area contributed by atoms with E-state index < -0.39 is 127 Å². The van der Waals surface area contributed by atoms with E-state index in [1.165, 1.54) is 25.8 Å². The topological polar surface area (TPSA) is 231 Å². The van der Waals surface area contributed by atoms with Gasteiger partial charge in [0.15, 0.2) is 6.29 Å². The zero-order valence-corrected chi connectivity index (χ0v) is 44.7. The summed E-state index contributed by atoms with van der Waals surface area (Å²) in [5.74, 6) is -3.26. The molecule has 5 rings (SSSR count). The Kier molecular flexibility index (Phi) is 20.6. The van der Waals surface area contributed by atoms with Gasteiger partial charge in [0.25, 0.3) is 0 Å². The van der Waals surface area contributed by atoms with Crippen molar-refractivity contribution in [3.8, 4) is 0 Å². The molecule has 3 aliphatic heterocycles. The van der Waals surface area contributed by atoms with Crippen molar-refractivity contribution in [1.29, 1.82) is 0 Å². The predicted molar refractivity (Wildman–Crippen MR) is 263 cm³/mol. The van der Waals surface area contributed by atoms with E-state index in [9.17, 15) is 39.8 Å². The van der Waals surface area contributed by atoms with E-state index in [0.29, 0.717) is 31.6 Å².